The molecule has 1 aliphatic heterocycles. The first kappa shape index (κ1) is 17.1. The quantitative estimate of drug-likeness (QED) is 0.450. The Morgan fingerprint density at radius 1 is 1.05 bits per heavy atom. The lowest BCUT2D eigenvalue weighted by atomic mass is 10.0. The molecule has 0 amide bonds. The van der Waals surface area contributed by atoms with Gasteiger partial charge in [0.1, 0.15) is 11.9 Å². The standard InChI is InChI=1S/C17H30O3/c1-3-4-5-6-7-8-9-10-11-12-15-13-16(18)14(2)17(19)20-15/h15,18H,3-13H2,1-2H3/t15-/m0/s1. The molecule has 0 aromatic rings. The van der Waals surface area contributed by atoms with Gasteiger partial charge in [0, 0.05) is 6.42 Å². The fourth-order valence-electron chi connectivity index (χ4n) is 2.61. The number of aliphatic hydroxyl groups excluding tert-OH is 1. The maximum atomic E-state index is 11.4. The summed E-state index contributed by atoms with van der Waals surface area (Å²) in [7, 11) is 0. The van der Waals surface area contributed by atoms with E-state index in [0.717, 1.165) is 12.8 Å². The van der Waals surface area contributed by atoms with Crippen LogP contribution in [0.4, 0.5) is 0 Å². The lowest BCUT2D eigenvalue weighted by Gasteiger charge is -2.23. The first-order chi connectivity index (χ1) is 9.65. The minimum Gasteiger partial charge on any atom is -0.512 e. The summed E-state index contributed by atoms with van der Waals surface area (Å²) < 4.78 is 5.28. The monoisotopic (exact) mass is 282 g/mol. The summed E-state index contributed by atoms with van der Waals surface area (Å²) in [5.74, 6) is -0.142. The summed E-state index contributed by atoms with van der Waals surface area (Å²) in [5, 5.41) is 9.64. The zero-order chi connectivity index (χ0) is 14.8. The normalized spacial score (nSPS) is 19.3. The highest BCUT2D eigenvalue weighted by Crippen LogP contribution is 2.23. The Morgan fingerprint density at radius 2 is 1.60 bits per heavy atom. The third-order valence-corrected chi connectivity index (χ3v) is 4.06. The maximum Gasteiger partial charge on any atom is 0.337 e. The van der Waals surface area contributed by atoms with Crippen molar-refractivity contribution in [3.05, 3.63) is 11.3 Å². The van der Waals surface area contributed by atoms with E-state index < -0.39 is 0 Å². The third-order valence-electron chi connectivity index (χ3n) is 4.06. The number of cyclic esters (lactones) is 1. The molecule has 116 valence electrons. The molecule has 0 radical (unpaired) electrons. The molecule has 1 aliphatic rings. The highest BCUT2D eigenvalue weighted by molar-refractivity contribution is 5.89. The highest BCUT2D eigenvalue weighted by atomic mass is 16.5. The van der Waals surface area contributed by atoms with Gasteiger partial charge in [-0.3, -0.25) is 0 Å². The summed E-state index contributed by atoms with van der Waals surface area (Å²) in [6.07, 6.45) is 12.9. The predicted molar refractivity (Wildman–Crippen MR) is 81.7 cm³/mol. The van der Waals surface area contributed by atoms with Gasteiger partial charge in [-0.25, -0.2) is 4.79 Å². The molecule has 0 spiro atoms. The number of rotatable bonds is 10. The van der Waals surface area contributed by atoms with E-state index in [1.807, 2.05) is 0 Å². The van der Waals surface area contributed by atoms with E-state index >= 15 is 0 Å². The Balaban J connectivity index is 1.99. The number of carbonyl (C=O) groups excluding carboxylic acids is 1. The van der Waals surface area contributed by atoms with Crippen LogP contribution < -0.4 is 0 Å². The number of hydrogen-bond donors (Lipinski definition) is 1. The van der Waals surface area contributed by atoms with Crippen LogP contribution in [0.3, 0.4) is 0 Å². The summed E-state index contributed by atoms with van der Waals surface area (Å²) in [5.41, 5.74) is 0.369. The second-order valence-corrected chi connectivity index (χ2v) is 5.92. The second-order valence-electron chi connectivity index (χ2n) is 5.92. The van der Waals surface area contributed by atoms with Crippen LogP contribution in [0.1, 0.15) is 84.5 Å². The average Bonchev–Trinajstić information content (AvgIpc) is 2.43. The topological polar surface area (TPSA) is 46.5 Å². The van der Waals surface area contributed by atoms with Crippen LogP contribution in [-0.4, -0.2) is 17.2 Å². The number of aliphatic hydroxyl groups is 1. The van der Waals surface area contributed by atoms with E-state index in [1.165, 1.54) is 51.4 Å². The zero-order valence-corrected chi connectivity index (χ0v) is 13.1. The van der Waals surface area contributed by atoms with Crippen LogP contribution in [-0.2, 0) is 9.53 Å². The van der Waals surface area contributed by atoms with Gasteiger partial charge >= 0.3 is 5.97 Å². The highest BCUT2D eigenvalue weighted by Gasteiger charge is 2.25. The van der Waals surface area contributed by atoms with Crippen LogP contribution in [0.5, 0.6) is 0 Å². The van der Waals surface area contributed by atoms with E-state index in [-0.39, 0.29) is 17.8 Å². The van der Waals surface area contributed by atoms with Gasteiger partial charge in [0.25, 0.3) is 0 Å². The second kappa shape index (κ2) is 9.84. The van der Waals surface area contributed by atoms with E-state index in [0.29, 0.717) is 12.0 Å². The van der Waals surface area contributed by atoms with Gasteiger partial charge in [-0.15, -0.1) is 0 Å². The molecule has 0 unspecified atom stereocenters. The van der Waals surface area contributed by atoms with Crippen LogP contribution in [0.15, 0.2) is 11.3 Å². The van der Waals surface area contributed by atoms with Gasteiger partial charge < -0.3 is 9.84 Å². The Kier molecular flexibility index (Phi) is 8.40. The number of unbranched alkanes of at least 4 members (excludes halogenated alkanes) is 8. The van der Waals surface area contributed by atoms with Gasteiger partial charge in [0.15, 0.2) is 0 Å². The first-order valence-electron chi connectivity index (χ1n) is 8.24. The van der Waals surface area contributed by atoms with E-state index in [4.69, 9.17) is 4.74 Å². The number of ether oxygens (including phenoxy) is 1. The number of hydrogen-bond acceptors (Lipinski definition) is 3. The van der Waals surface area contributed by atoms with Crippen molar-refractivity contribution >= 4 is 5.97 Å². The van der Waals surface area contributed by atoms with E-state index in [2.05, 4.69) is 6.92 Å². The summed E-state index contributed by atoms with van der Waals surface area (Å²) >= 11 is 0. The fourth-order valence-corrected chi connectivity index (χ4v) is 2.61. The van der Waals surface area contributed by atoms with Crippen molar-refractivity contribution in [3.8, 4) is 0 Å². The molecule has 0 aromatic carbocycles. The molecule has 0 fully saturated rings. The largest absolute Gasteiger partial charge is 0.512 e. The molecule has 0 saturated carbocycles. The summed E-state index contributed by atoms with van der Waals surface area (Å²) in [6.45, 7) is 3.86. The molecule has 20 heavy (non-hydrogen) atoms. The molecule has 3 heteroatoms. The Morgan fingerprint density at radius 3 is 2.15 bits per heavy atom. The maximum absolute atomic E-state index is 11.4. The molecule has 1 N–H and O–H groups in total. The Labute approximate surface area is 123 Å². The van der Waals surface area contributed by atoms with E-state index in [1.54, 1.807) is 6.92 Å². The zero-order valence-electron chi connectivity index (χ0n) is 13.1. The first-order valence-corrected chi connectivity index (χ1v) is 8.24. The van der Waals surface area contributed by atoms with Crippen LogP contribution in [0, 0.1) is 0 Å². The van der Waals surface area contributed by atoms with Gasteiger partial charge in [-0.05, 0) is 19.8 Å². The third kappa shape index (κ3) is 6.44. The van der Waals surface area contributed by atoms with Gasteiger partial charge in [0.2, 0.25) is 0 Å². The minimum atomic E-state index is -0.352. The van der Waals surface area contributed by atoms with Crippen molar-refractivity contribution < 1.29 is 14.6 Å². The molecule has 1 rings (SSSR count). The SMILES string of the molecule is CCCCCCCCCCC[C@H]1CC(O)=C(C)C(=O)O1. The van der Waals surface area contributed by atoms with Crippen molar-refractivity contribution in [1.29, 1.82) is 0 Å². The molecule has 0 aromatic heterocycles. The summed E-state index contributed by atoms with van der Waals surface area (Å²) in [6, 6.07) is 0. The number of carbonyl (C=O) groups is 1. The van der Waals surface area contributed by atoms with Crippen LogP contribution >= 0.6 is 0 Å². The minimum absolute atomic E-state index is 0.115. The Bertz CT molecular complexity index is 320. The van der Waals surface area contributed by atoms with Crippen molar-refractivity contribution in [2.24, 2.45) is 0 Å². The van der Waals surface area contributed by atoms with Crippen molar-refractivity contribution in [2.45, 2.75) is 90.6 Å². The Hall–Kier alpha value is -0.990. The fraction of sp³-hybridized carbons (Fsp3) is 0.824. The molecule has 0 bridgehead atoms. The summed E-state index contributed by atoms with van der Waals surface area (Å²) in [4.78, 5) is 11.4. The lowest BCUT2D eigenvalue weighted by Crippen LogP contribution is -2.25. The molecular weight excluding hydrogens is 252 g/mol. The van der Waals surface area contributed by atoms with Gasteiger partial charge in [0.05, 0.1) is 5.57 Å². The number of esters is 1. The molecule has 1 heterocycles. The molecule has 0 saturated heterocycles. The lowest BCUT2D eigenvalue weighted by molar-refractivity contribution is -0.147. The molecule has 1 atom stereocenters. The van der Waals surface area contributed by atoms with Crippen molar-refractivity contribution in [1.82, 2.24) is 0 Å². The molecular formula is C17H30O3. The van der Waals surface area contributed by atoms with Crippen LogP contribution in [0.2, 0.25) is 0 Å². The van der Waals surface area contributed by atoms with Crippen LogP contribution in [0.25, 0.3) is 0 Å². The smallest absolute Gasteiger partial charge is 0.337 e. The predicted octanol–water partition coefficient (Wildman–Crippen LogP) is 5.05. The van der Waals surface area contributed by atoms with Crippen molar-refractivity contribution in [3.63, 3.8) is 0 Å². The molecule has 0 aliphatic carbocycles. The van der Waals surface area contributed by atoms with Crippen molar-refractivity contribution in [2.75, 3.05) is 0 Å². The average molecular weight is 282 g/mol. The van der Waals surface area contributed by atoms with Gasteiger partial charge in [-0.2, -0.15) is 0 Å². The molecule has 3 nitrogen and oxygen atoms in total. The van der Waals surface area contributed by atoms with E-state index in [9.17, 15) is 9.90 Å². The van der Waals surface area contributed by atoms with Gasteiger partial charge in [-0.1, -0.05) is 58.3 Å².